The van der Waals surface area contributed by atoms with Gasteiger partial charge in [-0.05, 0) is 30.7 Å². The first-order valence-corrected chi connectivity index (χ1v) is 6.63. The quantitative estimate of drug-likeness (QED) is 0.683. The monoisotopic (exact) mass is 265 g/mol. The van der Waals surface area contributed by atoms with Crippen LogP contribution >= 0.6 is 0 Å². The van der Waals surface area contributed by atoms with Crippen LogP contribution in [0.1, 0.15) is 29.3 Å². The highest BCUT2D eigenvalue weighted by Gasteiger charge is 2.12. The highest BCUT2D eigenvalue weighted by Crippen LogP contribution is 2.25. The maximum atomic E-state index is 11.9. The molecule has 20 heavy (non-hydrogen) atoms. The summed E-state index contributed by atoms with van der Waals surface area (Å²) in [7, 11) is 0. The van der Waals surface area contributed by atoms with Gasteiger partial charge in [-0.15, -0.1) is 0 Å². The second-order valence-electron chi connectivity index (χ2n) is 4.74. The van der Waals surface area contributed by atoms with Crippen molar-refractivity contribution < 1.29 is 4.79 Å². The van der Waals surface area contributed by atoms with E-state index in [2.05, 4.69) is 10.1 Å². The van der Waals surface area contributed by atoms with Gasteiger partial charge in [0.15, 0.2) is 11.4 Å². The molecule has 0 aliphatic rings. The van der Waals surface area contributed by atoms with Gasteiger partial charge < -0.3 is 0 Å². The SMILES string of the molecule is CCC(=O)c1ccc(C)c(-c2cnc3cccnn23)c1. The van der Waals surface area contributed by atoms with Gasteiger partial charge in [0.2, 0.25) is 0 Å². The molecule has 100 valence electrons. The molecule has 0 amide bonds. The van der Waals surface area contributed by atoms with E-state index in [1.807, 2.05) is 44.2 Å². The van der Waals surface area contributed by atoms with Crippen molar-refractivity contribution in [1.82, 2.24) is 14.6 Å². The van der Waals surface area contributed by atoms with Gasteiger partial charge in [0.05, 0.1) is 11.9 Å². The zero-order chi connectivity index (χ0) is 14.1. The lowest BCUT2D eigenvalue weighted by atomic mass is 10.00. The summed E-state index contributed by atoms with van der Waals surface area (Å²) in [5.74, 6) is 0.146. The molecule has 0 fully saturated rings. The van der Waals surface area contributed by atoms with E-state index in [-0.39, 0.29) is 5.78 Å². The zero-order valence-electron chi connectivity index (χ0n) is 11.5. The van der Waals surface area contributed by atoms with E-state index >= 15 is 0 Å². The average Bonchev–Trinajstić information content (AvgIpc) is 2.91. The number of imidazole rings is 1. The van der Waals surface area contributed by atoms with Crippen molar-refractivity contribution in [2.24, 2.45) is 0 Å². The Morgan fingerprint density at radius 1 is 1.30 bits per heavy atom. The third-order valence-corrected chi connectivity index (χ3v) is 3.43. The Bertz CT molecular complexity index is 789. The Kier molecular flexibility index (Phi) is 3.06. The van der Waals surface area contributed by atoms with E-state index < -0.39 is 0 Å². The highest BCUT2D eigenvalue weighted by atomic mass is 16.1. The van der Waals surface area contributed by atoms with Gasteiger partial charge in [-0.1, -0.05) is 19.1 Å². The summed E-state index contributed by atoms with van der Waals surface area (Å²) >= 11 is 0. The Morgan fingerprint density at radius 2 is 2.15 bits per heavy atom. The fraction of sp³-hybridized carbons (Fsp3) is 0.188. The molecule has 0 saturated carbocycles. The molecule has 4 heteroatoms. The molecule has 0 atom stereocenters. The predicted molar refractivity (Wildman–Crippen MR) is 77.8 cm³/mol. The van der Waals surface area contributed by atoms with E-state index in [0.29, 0.717) is 6.42 Å². The third-order valence-electron chi connectivity index (χ3n) is 3.43. The van der Waals surface area contributed by atoms with Crippen LogP contribution in [0.2, 0.25) is 0 Å². The number of hydrogen-bond acceptors (Lipinski definition) is 3. The molecule has 3 rings (SSSR count). The molecule has 0 aliphatic carbocycles. The number of Topliss-reactive ketones (excluding diaryl/α,β-unsaturated/α-hetero) is 1. The molecule has 0 saturated heterocycles. The summed E-state index contributed by atoms with van der Waals surface area (Å²) in [5.41, 5.74) is 4.54. The second-order valence-corrected chi connectivity index (χ2v) is 4.74. The molecular formula is C16H15N3O. The molecule has 4 nitrogen and oxygen atoms in total. The van der Waals surface area contributed by atoms with Crippen LogP contribution in [0.3, 0.4) is 0 Å². The summed E-state index contributed by atoms with van der Waals surface area (Å²) < 4.78 is 1.79. The molecule has 0 unspecified atom stereocenters. The number of ketones is 1. The Labute approximate surface area is 117 Å². The normalized spacial score (nSPS) is 10.9. The molecule has 0 spiro atoms. The number of aromatic nitrogens is 3. The van der Waals surface area contributed by atoms with Crippen molar-refractivity contribution in [3.8, 4) is 11.3 Å². The van der Waals surface area contributed by atoms with E-state index in [4.69, 9.17) is 0 Å². The van der Waals surface area contributed by atoms with E-state index in [1.54, 1.807) is 16.9 Å². The summed E-state index contributed by atoms with van der Waals surface area (Å²) in [6.45, 7) is 3.90. The van der Waals surface area contributed by atoms with Gasteiger partial charge in [-0.3, -0.25) is 4.79 Å². The molecule has 1 aromatic carbocycles. The van der Waals surface area contributed by atoms with Crippen LogP contribution in [-0.2, 0) is 0 Å². The molecule has 3 aromatic rings. The van der Waals surface area contributed by atoms with E-state index in [9.17, 15) is 4.79 Å². The number of nitrogens with zero attached hydrogens (tertiary/aromatic N) is 3. The number of aryl methyl sites for hydroxylation is 1. The maximum Gasteiger partial charge on any atom is 0.162 e. The van der Waals surface area contributed by atoms with E-state index in [1.165, 1.54) is 0 Å². The van der Waals surface area contributed by atoms with Gasteiger partial charge in [0.25, 0.3) is 0 Å². The highest BCUT2D eigenvalue weighted by molar-refractivity contribution is 5.97. The van der Waals surface area contributed by atoms with Crippen LogP contribution < -0.4 is 0 Å². The maximum absolute atomic E-state index is 11.9. The number of carbonyl (C=O) groups is 1. The number of rotatable bonds is 3. The molecular weight excluding hydrogens is 250 g/mol. The second kappa shape index (κ2) is 4.89. The third kappa shape index (κ3) is 1.99. The first-order valence-electron chi connectivity index (χ1n) is 6.63. The van der Waals surface area contributed by atoms with Crippen molar-refractivity contribution in [3.63, 3.8) is 0 Å². The fourth-order valence-electron chi connectivity index (χ4n) is 2.29. The van der Waals surface area contributed by atoms with Crippen molar-refractivity contribution in [2.75, 3.05) is 0 Å². The first kappa shape index (κ1) is 12.5. The molecule has 0 N–H and O–H groups in total. The van der Waals surface area contributed by atoms with E-state index in [0.717, 1.165) is 28.0 Å². The molecule has 0 aliphatic heterocycles. The summed E-state index contributed by atoms with van der Waals surface area (Å²) in [6.07, 6.45) is 4.04. The largest absolute Gasteiger partial charge is 0.294 e. The van der Waals surface area contributed by atoms with Gasteiger partial charge in [-0.25, -0.2) is 9.50 Å². The van der Waals surface area contributed by atoms with Crippen LogP contribution in [-0.4, -0.2) is 20.4 Å². The van der Waals surface area contributed by atoms with Gasteiger partial charge in [0.1, 0.15) is 0 Å². The van der Waals surface area contributed by atoms with Gasteiger partial charge >= 0.3 is 0 Å². The van der Waals surface area contributed by atoms with Crippen LogP contribution in [0.15, 0.2) is 42.7 Å². The van der Waals surface area contributed by atoms with Crippen molar-refractivity contribution in [2.45, 2.75) is 20.3 Å². The summed E-state index contributed by atoms with van der Waals surface area (Å²) in [6, 6.07) is 9.55. The van der Waals surface area contributed by atoms with Crippen LogP contribution in [0.5, 0.6) is 0 Å². The minimum Gasteiger partial charge on any atom is -0.294 e. The lowest BCUT2D eigenvalue weighted by Crippen LogP contribution is -1.99. The van der Waals surface area contributed by atoms with Crippen molar-refractivity contribution in [3.05, 3.63) is 53.9 Å². The van der Waals surface area contributed by atoms with Crippen LogP contribution in [0, 0.1) is 6.92 Å². The standard InChI is InChI=1S/C16H15N3O/c1-3-15(20)12-7-6-11(2)13(9-12)14-10-17-16-5-4-8-18-19(14)16/h4-10H,3H2,1-2H3. The lowest BCUT2D eigenvalue weighted by molar-refractivity contribution is 0.0988. The first-order chi connectivity index (χ1) is 9.70. The van der Waals surface area contributed by atoms with Gasteiger partial charge in [0, 0.05) is 23.7 Å². The summed E-state index contributed by atoms with van der Waals surface area (Å²) in [5, 5.41) is 4.32. The fourth-order valence-corrected chi connectivity index (χ4v) is 2.29. The minimum absolute atomic E-state index is 0.146. The van der Waals surface area contributed by atoms with Crippen LogP contribution in [0.25, 0.3) is 16.9 Å². The van der Waals surface area contributed by atoms with Crippen molar-refractivity contribution in [1.29, 1.82) is 0 Å². The molecule has 2 heterocycles. The smallest absolute Gasteiger partial charge is 0.162 e. The Morgan fingerprint density at radius 3 is 2.95 bits per heavy atom. The number of carbonyl (C=O) groups excluding carboxylic acids is 1. The zero-order valence-corrected chi connectivity index (χ0v) is 11.5. The van der Waals surface area contributed by atoms with Crippen molar-refractivity contribution >= 4 is 11.4 Å². The number of fused-ring (bicyclic) bond motifs is 1. The predicted octanol–water partition coefficient (Wildman–Crippen LogP) is 3.30. The molecule has 2 aromatic heterocycles. The topological polar surface area (TPSA) is 47.3 Å². The Hall–Kier alpha value is -2.49. The Balaban J connectivity index is 2.21. The van der Waals surface area contributed by atoms with Gasteiger partial charge in [-0.2, -0.15) is 5.10 Å². The number of benzene rings is 1. The average molecular weight is 265 g/mol. The number of hydrogen-bond donors (Lipinski definition) is 0. The molecule has 0 bridgehead atoms. The molecule has 0 radical (unpaired) electrons. The summed E-state index contributed by atoms with van der Waals surface area (Å²) in [4.78, 5) is 16.2. The van der Waals surface area contributed by atoms with Crippen LogP contribution in [0.4, 0.5) is 0 Å². The lowest BCUT2D eigenvalue weighted by Gasteiger charge is -2.07. The minimum atomic E-state index is 0.146.